The number of halogens is 1. The lowest BCUT2D eigenvalue weighted by atomic mass is 10.1. The van der Waals surface area contributed by atoms with Crippen molar-refractivity contribution in [3.8, 4) is 0 Å². The normalized spacial score (nSPS) is 11.3. The van der Waals surface area contributed by atoms with Crippen LogP contribution in [0.5, 0.6) is 0 Å². The maximum Gasteiger partial charge on any atom is 0.190 e. The summed E-state index contributed by atoms with van der Waals surface area (Å²) in [7, 11) is 0. The van der Waals surface area contributed by atoms with Gasteiger partial charge in [0.15, 0.2) is 5.16 Å². The van der Waals surface area contributed by atoms with Crippen LogP contribution in [0, 0.1) is 11.8 Å². The van der Waals surface area contributed by atoms with Crippen LogP contribution < -0.4 is 4.90 Å². The van der Waals surface area contributed by atoms with Gasteiger partial charge in [-0.3, -0.25) is 0 Å². The summed E-state index contributed by atoms with van der Waals surface area (Å²) in [6.07, 6.45) is 1.96. The van der Waals surface area contributed by atoms with Gasteiger partial charge in [0, 0.05) is 19.2 Å². The van der Waals surface area contributed by atoms with E-state index < -0.39 is 0 Å². The van der Waals surface area contributed by atoms with Crippen LogP contribution in [-0.4, -0.2) is 29.3 Å². The zero-order chi connectivity index (χ0) is 13.7. The monoisotopic (exact) mass is 287 g/mol. The quantitative estimate of drug-likeness (QED) is 0.450. The lowest BCUT2D eigenvalue weighted by Gasteiger charge is -2.27. The zero-order valence-corrected chi connectivity index (χ0v) is 13.3. The van der Waals surface area contributed by atoms with Crippen LogP contribution >= 0.6 is 23.4 Å². The van der Waals surface area contributed by atoms with Crippen molar-refractivity contribution in [3.63, 3.8) is 0 Å². The summed E-state index contributed by atoms with van der Waals surface area (Å²) in [5.41, 5.74) is 0. The van der Waals surface area contributed by atoms with Crippen LogP contribution in [0.2, 0.25) is 5.15 Å². The van der Waals surface area contributed by atoms with Gasteiger partial charge in [0.1, 0.15) is 11.0 Å². The van der Waals surface area contributed by atoms with Gasteiger partial charge in [-0.1, -0.05) is 51.1 Å². The van der Waals surface area contributed by atoms with Crippen molar-refractivity contribution in [2.75, 3.05) is 24.2 Å². The van der Waals surface area contributed by atoms with E-state index in [-0.39, 0.29) is 0 Å². The Morgan fingerprint density at radius 2 is 1.72 bits per heavy atom. The minimum Gasteiger partial charge on any atom is -0.356 e. The molecule has 0 N–H and O–H groups in total. The molecule has 0 saturated heterocycles. The predicted molar refractivity (Wildman–Crippen MR) is 80.7 cm³/mol. The highest BCUT2D eigenvalue weighted by Crippen LogP contribution is 2.22. The van der Waals surface area contributed by atoms with Crippen molar-refractivity contribution < 1.29 is 0 Å². The molecule has 18 heavy (non-hydrogen) atoms. The molecule has 0 spiro atoms. The Bertz CT molecular complexity index is 372. The van der Waals surface area contributed by atoms with Gasteiger partial charge < -0.3 is 4.90 Å². The maximum absolute atomic E-state index is 6.05. The van der Waals surface area contributed by atoms with Gasteiger partial charge in [0.05, 0.1) is 0 Å². The van der Waals surface area contributed by atoms with E-state index in [1.807, 2.05) is 12.3 Å². The standard InChI is InChI=1S/C13H22ClN3S/c1-9(2)7-17(8-10(3)4)12-6-11(14)15-13(16-12)18-5/h6,9-10H,7-8H2,1-5H3. The average Bonchev–Trinajstić information content (AvgIpc) is 2.26. The molecule has 0 amide bonds. The highest BCUT2D eigenvalue weighted by Gasteiger charge is 2.14. The number of nitrogens with zero attached hydrogens (tertiary/aromatic N) is 3. The molecule has 0 aromatic carbocycles. The first-order valence-electron chi connectivity index (χ1n) is 6.26. The lowest BCUT2D eigenvalue weighted by molar-refractivity contribution is 0.547. The van der Waals surface area contributed by atoms with Crippen LogP contribution in [0.4, 0.5) is 5.82 Å². The van der Waals surface area contributed by atoms with Crippen LogP contribution in [0.15, 0.2) is 11.2 Å². The second kappa shape index (κ2) is 7.19. The Morgan fingerprint density at radius 3 is 2.17 bits per heavy atom. The third-order valence-electron chi connectivity index (χ3n) is 2.34. The number of aromatic nitrogens is 2. The molecular formula is C13H22ClN3S. The Labute approximate surface area is 119 Å². The first-order chi connectivity index (χ1) is 8.42. The van der Waals surface area contributed by atoms with Crippen LogP contribution in [0.1, 0.15) is 27.7 Å². The topological polar surface area (TPSA) is 29.0 Å². The molecule has 0 fully saturated rings. The molecule has 0 radical (unpaired) electrons. The van der Waals surface area contributed by atoms with E-state index in [9.17, 15) is 0 Å². The number of rotatable bonds is 6. The lowest BCUT2D eigenvalue weighted by Crippen LogP contribution is -2.32. The molecule has 1 rings (SSSR count). The molecule has 0 unspecified atom stereocenters. The molecule has 0 saturated carbocycles. The largest absolute Gasteiger partial charge is 0.356 e. The Balaban J connectivity index is 2.99. The first-order valence-corrected chi connectivity index (χ1v) is 7.86. The van der Waals surface area contributed by atoms with Crippen molar-refractivity contribution >= 4 is 29.2 Å². The summed E-state index contributed by atoms with van der Waals surface area (Å²) in [5, 5.41) is 1.25. The van der Waals surface area contributed by atoms with E-state index >= 15 is 0 Å². The first kappa shape index (κ1) is 15.6. The van der Waals surface area contributed by atoms with Crippen LogP contribution in [0.25, 0.3) is 0 Å². The number of anilines is 1. The van der Waals surface area contributed by atoms with Crippen molar-refractivity contribution in [2.24, 2.45) is 11.8 Å². The summed E-state index contributed by atoms with van der Waals surface area (Å²) in [4.78, 5) is 11.0. The molecule has 0 aliphatic carbocycles. The third-order valence-corrected chi connectivity index (χ3v) is 3.08. The molecule has 0 bridgehead atoms. The summed E-state index contributed by atoms with van der Waals surface area (Å²) >= 11 is 7.57. The number of hydrogen-bond donors (Lipinski definition) is 0. The Morgan fingerprint density at radius 1 is 1.17 bits per heavy atom. The third kappa shape index (κ3) is 5.02. The molecule has 1 aromatic heterocycles. The zero-order valence-electron chi connectivity index (χ0n) is 11.8. The molecule has 0 aliphatic heterocycles. The summed E-state index contributed by atoms with van der Waals surface area (Å²) in [5.74, 6) is 2.12. The minimum absolute atomic E-state index is 0.516. The van der Waals surface area contributed by atoms with Gasteiger partial charge in [-0.05, 0) is 18.1 Å². The minimum atomic E-state index is 0.516. The Hall–Kier alpha value is -0.480. The van der Waals surface area contributed by atoms with E-state index in [0.29, 0.717) is 17.0 Å². The van der Waals surface area contributed by atoms with E-state index in [1.165, 1.54) is 11.8 Å². The second-order valence-corrected chi connectivity index (χ2v) is 6.39. The molecule has 1 aromatic rings. The van der Waals surface area contributed by atoms with Crippen molar-refractivity contribution in [3.05, 3.63) is 11.2 Å². The van der Waals surface area contributed by atoms with E-state index in [0.717, 1.165) is 24.1 Å². The van der Waals surface area contributed by atoms with Crippen LogP contribution in [-0.2, 0) is 0 Å². The number of thioether (sulfide) groups is 1. The maximum atomic E-state index is 6.05. The van der Waals surface area contributed by atoms with Gasteiger partial charge in [-0.2, -0.15) is 0 Å². The van der Waals surface area contributed by atoms with E-state index in [4.69, 9.17) is 11.6 Å². The van der Waals surface area contributed by atoms with E-state index in [2.05, 4.69) is 42.6 Å². The van der Waals surface area contributed by atoms with Crippen molar-refractivity contribution in [1.29, 1.82) is 0 Å². The summed E-state index contributed by atoms with van der Waals surface area (Å²) in [6, 6.07) is 1.85. The van der Waals surface area contributed by atoms with Crippen molar-refractivity contribution in [2.45, 2.75) is 32.9 Å². The predicted octanol–water partition coefficient (Wildman–Crippen LogP) is 3.97. The van der Waals surface area contributed by atoms with Crippen molar-refractivity contribution in [1.82, 2.24) is 9.97 Å². The van der Waals surface area contributed by atoms with Gasteiger partial charge in [0.25, 0.3) is 0 Å². The van der Waals surface area contributed by atoms with Gasteiger partial charge in [-0.15, -0.1) is 0 Å². The van der Waals surface area contributed by atoms with Gasteiger partial charge in [0.2, 0.25) is 0 Å². The fraction of sp³-hybridized carbons (Fsp3) is 0.692. The average molecular weight is 288 g/mol. The second-order valence-electron chi connectivity index (χ2n) is 5.23. The molecule has 0 aliphatic rings. The molecule has 0 atom stereocenters. The smallest absolute Gasteiger partial charge is 0.190 e. The summed E-state index contributed by atoms with van der Waals surface area (Å²) in [6.45, 7) is 10.8. The highest BCUT2D eigenvalue weighted by molar-refractivity contribution is 7.98. The fourth-order valence-corrected chi connectivity index (χ4v) is 2.38. The van der Waals surface area contributed by atoms with E-state index in [1.54, 1.807) is 0 Å². The van der Waals surface area contributed by atoms with Gasteiger partial charge in [-0.25, -0.2) is 9.97 Å². The highest BCUT2D eigenvalue weighted by atomic mass is 35.5. The molecule has 5 heteroatoms. The number of hydrogen-bond acceptors (Lipinski definition) is 4. The SMILES string of the molecule is CSc1nc(Cl)cc(N(CC(C)C)CC(C)C)n1. The van der Waals surface area contributed by atoms with Gasteiger partial charge >= 0.3 is 0 Å². The molecular weight excluding hydrogens is 266 g/mol. The summed E-state index contributed by atoms with van der Waals surface area (Å²) < 4.78 is 0. The molecule has 1 heterocycles. The van der Waals surface area contributed by atoms with Crippen LogP contribution in [0.3, 0.4) is 0 Å². The molecule has 102 valence electrons. The molecule has 3 nitrogen and oxygen atoms in total. The fourth-order valence-electron chi connectivity index (χ4n) is 1.78. The Kier molecular flexibility index (Phi) is 6.22.